The van der Waals surface area contributed by atoms with Crippen LogP contribution in [-0.2, 0) is 4.74 Å². The predicted molar refractivity (Wildman–Crippen MR) is 61.9 cm³/mol. The monoisotopic (exact) mass is 213 g/mol. The van der Waals surface area contributed by atoms with Crippen molar-refractivity contribution >= 4 is 0 Å². The van der Waals surface area contributed by atoms with Crippen LogP contribution in [0.1, 0.15) is 33.6 Å². The van der Waals surface area contributed by atoms with Crippen molar-refractivity contribution in [3.63, 3.8) is 0 Å². The fourth-order valence-corrected chi connectivity index (χ4v) is 1.49. The topological polar surface area (TPSA) is 41.5 Å². The summed E-state index contributed by atoms with van der Waals surface area (Å²) >= 11 is 0. The van der Waals surface area contributed by atoms with Gasteiger partial charge in [-0.3, -0.25) is 0 Å². The van der Waals surface area contributed by atoms with Crippen LogP contribution in [-0.4, -0.2) is 36.0 Å². The van der Waals surface area contributed by atoms with Gasteiger partial charge in [0.25, 0.3) is 0 Å². The summed E-state index contributed by atoms with van der Waals surface area (Å²) in [5.41, 5.74) is -0.171. The van der Waals surface area contributed by atoms with Crippen LogP contribution in [0.25, 0.3) is 0 Å². The van der Waals surface area contributed by atoms with Crippen molar-refractivity contribution in [3.8, 4) is 0 Å². The van der Waals surface area contributed by atoms with Crippen LogP contribution in [0, 0.1) is 0 Å². The Morgan fingerprint density at radius 2 is 2.00 bits per heavy atom. The third kappa shape index (κ3) is 5.92. The van der Waals surface area contributed by atoms with E-state index in [2.05, 4.69) is 17.5 Å². The van der Waals surface area contributed by atoms with Crippen LogP contribution in [0.4, 0.5) is 0 Å². The molecule has 0 radical (unpaired) electrons. The minimum Gasteiger partial charge on any atom is -0.389 e. The standard InChI is InChI=1S/C12H23NO2/c1-12(2,3)15-9-11(14)8-13-10-6-4-5-7-10/h4-5,10-11,13-14H,6-9H2,1-3H3. The molecule has 15 heavy (non-hydrogen) atoms. The Labute approximate surface area is 92.5 Å². The van der Waals surface area contributed by atoms with E-state index in [1.165, 1.54) is 0 Å². The molecule has 0 heterocycles. The SMILES string of the molecule is CC(C)(C)OCC(O)CNC1CC=CC1. The second kappa shape index (κ2) is 5.64. The summed E-state index contributed by atoms with van der Waals surface area (Å²) in [5.74, 6) is 0. The maximum Gasteiger partial charge on any atom is 0.0898 e. The minimum absolute atomic E-state index is 0.171. The minimum atomic E-state index is -0.412. The van der Waals surface area contributed by atoms with Gasteiger partial charge >= 0.3 is 0 Å². The molecular formula is C12H23NO2. The highest BCUT2D eigenvalue weighted by atomic mass is 16.5. The molecule has 1 rings (SSSR count). The Morgan fingerprint density at radius 1 is 1.40 bits per heavy atom. The second-order valence-corrected chi connectivity index (χ2v) is 5.13. The van der Waals surface area contributed by atoms with Gasteiger partial charge in [0.2, 0.25) is 0 Å². The van der Waals surface area contributed by atoms with Gasteiger partial charge in [0.1, 0.15) is 0 Å². The summed E-state index contributed by atoms with van der Waals surface area (Å²) in [6.45, 7) is 7.00. The lowest BCUT2D eigenvalue weighted by molar-refractivity contribution is -0.0482. The Hall–Kier alpha value is -0.380. The fraction of sp³-hybridized carbons (Fsp3) is 0.833. The largest absolute Gasteiger partial charge is 0.389 e. The summed E-state index contributed by atoms with van der Waals surface area (Å²) in [6.07, 6.45) is 6.09. The Morgan fingerprint density at radius 3 is 2.53 bits per heavy atom. The van der Waals surface area contributed by atoms with E-state index in [0.717, 1.165) is 12.8 Å². The van der Waals surface area contributed by atoms with Gasteiger partial charge in [0.05, 0.1) is 18.3 Å². The summed E-state index contributed by atoms with van der Waals surface area (Å²) < 4.78 is 5.50. The molecule has 1 unspecified atom stereocenters. The smallest absolute Gasteiger partial charge is 0.0898 e. The molecular weight excluding hydrogens is 190 g/mol. The van der Waals surface area contributed by atoms with E-state index >= 15 is 0 Å². The normalized spacial score (nSPS) is 19.7. The highest BCUT2D eigenvalue weighted by Crippen LogP contribution is 2.10. The van der Waals surface area contributed by atoms with Crippen molar-refractivity contribution in [1.82, 2.24) is 5.32 Å². The summed E-state index contributed by atoms with van der Waals surface area (Å²) in [5, 5.41) is 13.0. The maximum absolute atomic E-state index is 9.66. The van der Waals surface area contributed by atoms with Gasteiger partial charge in [-0.2, -0.15) is 0 Å². The summed E-state index contributed by atoms with van der Waals surface area (Å²) in [7, 11) is 0. The molecule has 1 aliphatic rings. The van der Waals surface area contributed by atoms with Gasteiger partial charge in [-0.25, -0.2) is 0 Å². The molecule has 0 saturated heterocycles. The third-order valence-electron chi connectivity index (χ3n) is 2.36. The molecule has 0 amide bonds. The van der Waals surface area contributed by atoms with E-state index < -0.39 is 6.10 Å². The number of aliphatic hydroxyl groups is 1. The first-order valence-corrected chi connectivity index (χ1v) is 5.68. The van der Waals surface area contributed by atoms with Gasteiger partial charge in [0, 0.05) is 12.6 Å². The molecule has 0 bridgehead atoms. The molecule has 1 aliphatic carbocycles. The quantitative estimate of drug-likeness (QED) is 0.680. The molecule has 2 N–H and O–H groups in total. The molecule has 0 saturated carbocycles. The van der Waals surface area contributed by atoms with Crippen molar-refractivity contribution < 1.29 is 9.84 Å². The number of ether oxygens (including phenoxy) is 1. The van der Waals surface area contributed by atoms with E-state index in [1.54, 1.807) is 0 Å². The third-order valence-corrected chi connectivity index (χ3v) is 2.36. The number of aliphatic hydroxyl groups excluding tert-OH is 1. The summed E-state index contributed by atoms with van der Waals surface area (Å²) in [6, 6.07) is 0.509. The lowest BCUT2D eigenvalue weighted by Crippen LogP contribution is -2.37. The zero-order valence-electron chi connectivity index (χ0n) is 9.99. The van der Waals surface area contributed by atoms with Gasteiger partial charge in [-0.1, -0.05) is 12.2 Å². The molecule has 0 aromatic rings. The zero-order valence-corrected chi connectivity index (χ0v) is 9.99. The lowest BCUT2D eigenvalue weighted by atomic mass is 10.2. The van der Waals surface area contributed by atoms with E-state index in [4.69, 9.17) is 4.74 Å². The van der Waals surface area contributed by atoms with Crippen LogP contribution < -0.4 is 5.32 Å². The van der Waals surface area contributed by atoms with Crippen LogP contribution in [0.5, 0.6) is 0 Å². The highest BCUT2D eigenvalue weighted by molar-refractivity contribution is 4.97. The van der Waals surface area contributed by atoms with Crippen LogP contribution in [0.15, 0.2) is 12.2 Å². The molecule has 0 spiro atoms. The van der Waals surface area contributed by atoms with Crippen molar-refractivity contribution in [2.75, 3.05) is 13.2 Å². The number of hydrogen-bond acceptors (Lipinski definition) is 3. The van der Waals surface area contributed by atoms with Crippen LogP contribution >= 0.6 is 0 Å². The number of rotatable bonds is 5. The first-order chi connectivity index (χ1) is 6.97. The van der Waals surface area contributed by atoms with E-state index in [9.17, 15) is 5.11 Å². The first kappa shape index (κ1) is 12.7. The van der Waals surface area contributed by atoms with Crippen LogP contribution in [0.2, 0.25) is 0 Å². The molecule has 0 aromatic carbocycles. The fourth-order valence-electron chi connectivity index (χ4n) is 1.49. The lowest BCUT2D eigenvalue weighted by Gasteiger charge is -2.23. The van der Waals surface area contributed by atoms with Gasteiger partial charge in [-0.05, 0) is 33.6 Å². The second-order valence-electron chi connectivity index (χ2n) is 5.13. The molecule has 0 fully saturated rings. The number of nitrogens with one attached hydrogen (secondary N) is 1. The van der Waals surface area contributed by atoms with Gasteiger partial charge < -0.3 is 15.2 Å². The zero-order chi connectivity index (χ0) is 11.3. The Kier molecular flexibility index (Phi) is 4.77. The van der Waals surface area contributed by atoms with Crippen molar-refractivity contribution in [2.24, 2.45) is 0 Å². The molecule has 3 heteroatoms. The van der Waals surface area contributed by atoms with Crippen LogP contribution in [0.3, 0.4) is 0 Å². The predicted octanol–water partition coefficient (Wildman–Crippen LogP) is 1.47. The van der Waals surface area contributed by atoms with Crippen molar-refractivity contribution in [3.05, 3.63) is 12.2 Å². The highest BCUT2D eigenvalue weighted by Gasteiger charge is 2.15. The molecule has 0 aromatic heterocycles. The Balaban J connectivity index is 2.05. The van der Waals surface area contributed by atoms with E-state index in [1.807, 2.05) is 20.8 Å². The van der Waals surface area contributed by atoms with Gasteiger partial charge in [0.15, 0.2) is 0 Å². The molecule has 3 nitrogen and oxygen atoms in total. The summed E-state index contributed by atoms with van der Waals surface area (Å²) in [4.78, 5) is 0. The molecule has 88 valence electrons. The molecule has 0 aliphatic heterocycles. The first-order valence-electron chi connectivity index (χ1n) is 5.68. The van der Waals surface area contributed by atoms with Crippen molar-refractivity contribution in [1.29, 1.82) is 0 Å². The van der Waals surface area contributed by atoms with E-state index in [-0.39, 0.29) is 5.60 Å². The average molecular weight is 213 g/mol. The maximum atomic E-state index is 9.66. The molecule has 1 atom stereocenters. The Bertz CT molecular complexity index is 200. The average Bonchev–Trinajstić information content (AvgIpc) is 2.62. The van der Waals surface area contributed by atoms with Gasteiger partial charge in [-0.15, -0.1) is 0 Å². The van der Waals surface area contributed by atoms with Crippen molar-refractivity contribution in [2.45, 2.75) is 51.4 Å². The van der Waals surface area contributed by atoms with E-state index in [0.29, 0.717) is 19.2 Å². The number of hydrogen-bond donors (Lipinski definition) is 2.